The zero-order valence-corrected chi connectivity index (χ0v) is 13.5. The Kier molecular flexibility index (Phi) is 8.86. The Labute approximate surface area is 123 Å². The maximum atomic E-state index is 3.80. The van der Waals surface area contributed by atoms with Crippen molar-refractivity contribution in [1.82, 2.24) is 4.57 Å². The van der Waals surface area contributed by atoms with Crippen molar-refractivity contribution in [2.24, 2.45) is 7.05 Å². The molecule has 0 bridgehead atoms. The van der Waals surface area contributed by atoms with Crippen LogP contribution in [0.15, 0.2) is 37.5 Å². The Morgan fingerprint density at radius 1 is 0.850 bits per heavy atom. The molecular formula is C19H27N. The van der Waals surface area contributed by atoms with Crippen LogP contribution in [0.5, 0.6) is 0 Å². The van der Waals surface area contributed by atoms with Crippen molar-refractivity contribution >= 4 is 24.3 Å². The van der Waals surface area contributed by atoms with Gasteiger partial charge >= 0.3 is 0 Å². The summed E-state index contributed by atoms with van der Waals surface area (Å²) < 4.78 is 2.17. The molecule has 0 fully saturated rings. The molecule has 0 spiro atoms. The maximum absolute atomic E-state index is 3.80. The molecule has 0 aliphatic rings. The van der Waals surface area contributed by atoms with Gasteiger partial charge < -0.3 is 4.57 Å². The summed E-state index contributed by atoms with van der Waals surface area (Å²) in [7, 11) is 2.07. The monoisotopic (exact) mass is 269 g/mol. The van der Waals surface area contributed by atoms with Gasteiger partial charge in [-0.15, -0.1) is 0 Å². The number of aromatic nitrogens is 1. The average molecular weight is 269 g/mol. The summed E-state index contributed by atoms with van der Waals surface area (Å²) in [5.41, 5.74) is 0. The fourth-order valence-electron chi connectivity index (χ4n) is 2.07. The Morgan fingerprint density at radius 2 is 1.40 bits per heavy atom. The molecule has 1 rings (SSSR count). The van der Waals surface area contributed by atoms with E-state index in [0.717, 1.165) is 5.35 Å². The smallest absolute Gasteiger partial charge is 0.0488 e. The first-order chi connectivity index (χ1) is 9.71. The van der Waals surface area contributed by atoms with Crippen LogP contribution in [0.25, 0.3) is 24.3 Å². The van der Waals surface area contributed by atoms with Crippen LogP contribution in [-0.2, 0) is 7.05 Å². The van der Waals surface area contributed by atoms with Crippen LogP contribution < -0.4 is 21.1 Å². The molecule has 1 heteroatoms. The number of nitrogens with zero attached hydrogens (tertiary/aromatic N) is 1. The second kappa shape index (κ2) is 9.85. The highest BCUT2D eigenvalue weighted by atomic mass is 14.9. The van der Waals surface area contributed by atoms with Crippen molar-refractivity contribution in [1.29, 1.82) is 0 Å². The van der Waals surface area contributed by atoms with E-state index in [2.05, 4.69) is 43.8 Å². The molecule has 0 unspecified atom stereocenters. The third-order valence-corrected chi connectivity index (χ3v) is 2.86. The lowest BCUT2D eigenvalue weighted by atomic mass is 10.2. The van der Waals surface area contributed by atoms with Crippen molar-refractivity contribution in [3.63, 3.8) is 0 Å². The minimum Gasteiger partial charge on any atom is -0.344 e. The van der Waals surface area contributed by atoms with E-state index >= 15 is 0 Å². The van der Waals surface area contributed by atoms with Crippen LogP contribution in [0.2, 0.25) is 0 Å². The third kappa shape index (κ3) is 3.99. The highest BCUT2D eigenvalue weighted by Crippen LogP contribution is 1.72. The lowest BCUT2D eigenvalue weighted by Gasteiger charge is -1.91. The molecule has 0 saturated carbocycles. The highest BCUT2D eigenvalue weighted by molar-refractivity contribution is 5.46. The van der Waals surface area contributed by atoms with Gasteiger partial charge in [-0.3, -0.25) is 0 Å². The fraction of sp³-hybridized carbons (Fsp3) is 0.263. The lowest BCUT2D eigenvalue weighted by molar-refractivity contribution is 0.855. The summed E-state index contributed by atoms with van der Waals surface area (Å²) in [5, 5.41) is 4.75. The molecular weight excluding hydrogens is 242 g/mol. The lowest BCUT2D eigenvalue weighted by Crippen LogP contribution is -2.36. The molecule has 0 aliphatic heterocycles. The van der Waals surface area contributed by atoms with Gasteiger partial charge in [0.15, 0.2) is 0 Å². The molecule has 0 atom stereocenters. The summed E-state index contributed by atoms with van der Waals surface area (Å²) in [6.07, 6.45) is 16.0. The van der Waals surface area contributed by atoms with E-state index < -0.39 is 0 Å². The van der Waals surface area contributed by atoms with E-state index in [9.17, 15) is 0 Å². The van der Waals surface area contributed by atoms with Crippen molar-refractivity contribution < 1.29 is 0 Å². The molecule has 108 valence electrons. The molecule has 0 aliphatic carbocycles. The molecule has 0 amide bonds. The highest BCUT2D eigenvalue weighted by Gasteiger charge is 1.97. The predicted octanol–water partition coefficient (Wildman–Crippen LogP) is 2.14. The van der Waals surface area contributed by atoms with E-state index in [1.807, 2.05) is 57.2 Å². The Morgan fingerprint density at radius 3 is 1.85 bits per heavy atom. The van der Waals surface area contributed by atoms with Gasteiger partial charge in [-0.2, -0.15) is 0 Å². The average Bonchev–Trinajstić information content (AvgIpc) is 2.72. The summed E-state index contributed by atoms with van der Waals surface area (Å²) >= 11 is 0. The molecule has 0 aromatic carbocycles. The molecule has 0 saturated heterocycles. The van der Waals surface area contributed by atoms with Gasteiger partial charge in [-0.25, -0.2) is 0 Å². The summed E-state index contributed by atoms with van der Waals surface area (Å²) in [4.78, 5) is 0. The SMILES string of the molecule is C=C/C=c1/c(=C/C)/c(=C\C=C)n(C)/c1=C/C=C\C.CC. The normalized spacial score (nSPS) is 14.7. The zero-order chi connectivity index (χ0) is 15.5. The number of hydrogen-bond donors (Lipinski definition) is 0. The van der Waals surface area contributed by atoms with Gasteiger partial charge in [-0.1, -0.05) is 63.5 Å². The van der Waals surface area contributed by atoms with Crippen molar-refractivity contribution in [3.8, 4) is 0 Å². The molecule has 20 heavy (non-hydrogen) atoms. The molecule has 0 N–H and O–H groups in total. The quantitative estimate of drug-likeness (QED) is 0.792. The van der Waals surface area contributed by atoms with Crippen molar-refractivity contribution in [2.75, 3.05) is 0 Å². The van der Waals surface area contributed by atoms with E-state index in [-0.39, 0.29) is 0 Å². The largest absolute Gasteiger partial charge is 0.344 e. The summed E-state index contributed by atoms with van der Waals surface area (Å²) in [6, 6.07) is 0. The molecule has 1 heterocycles. The summed E-state index contributed by atoms with van der Waals surface area (Å²) in [6.45, 7) is 15.6. The predicted molar refractivity (Wildman–Crippen MR) is 94.0 cm³/mol. The van der Waals surface area contributed by atoms with Crippen molar-refractivity contribution in [2.45, 2.75) is 27.7 Å². The van der Waals surface area contributed by atoms with Gasteiger partial charge in [-0.05, 0) is 26.0 Å². The maximum Gasteiger partial charge on any atom is 0.0488 e. The topological polar surface area (TPSA) is 4.93 Å². The van der Waals surface area contributed by atoms with Crippen LogP contribution in [0.3, 0.4) is 0 Å². The van der Waals surface area contributed by atoms with Crippen LogP contribution >= 0.6 is 0 Å². The Hall–Kier alpha value is -2.02. The van der Waals surface area contributed by atoms with Crippen LogP contribution in [0, 0.1) is 0 Å². The van der Waals surface area contributed by atoms with Gasteiger partial charge in [0, 0.05) is 28.2 Å². The van der Waals surface area contributed by atoms with Crippen LogP contribution in [0.4, 0.5) is 0 Å². The first kappa shape index (κ1) is 18.0. The molecule has 1 aromatic rings. The summed E-state index contributed by atoms with van der Waals surface area (Å²) in [5.74, 6) is 0. The van der Waals surface area contributed by atoms with E-state index in [0.29, 0.717) is 0 Å². The fourth-order valence-corrected chi connectivity index (χ4v) is 2.07. The number of hydrogen-bond acceptors (Lipinski definition) is 0. The Balaban J connectivity index is 0.00000172. The van der Waals surface area contributed by atoms with E-state index in [1.165, 1.54) is 15.8 Å². The first-order valence-corrected chi connectivity index (χ1v) is 7.10. The van der Waals surface area contributed by atoms with E-state index in [4.69, 9.17) is 0 Å². The van der Waals surface area contributed by atoms with Crippen molar-refractivity contribution in [3.05, 3.63) is 58.6 Å². The van der Waals surface area contributed by atoms with Gasteiger partial charge in [0.2, 0.25) is 0 Å². The minimum absolute atomic E-state index is 1.16. The zero-order valence-electron chi connectivity index (χ0n) is 13.5. The molecule has 1 nitrogen and oxygen atoms in total. The van der Waals surface area contributed by atoms with Gasteiger partial charge in [0.1, 0.15) is 0 Å². The molecule has 1 aromatic heterocycles. The molecule has 0 radical (unpaired) electrons. The van der Waals surface area contributed by atoms with Gasteiger partial charge in [0.05, 0.1) is 0 Å². The Bertz CT molecular complexity index is 694. The number of allylic oxidation sites excluding steroid dienone is 4. The first-order valence-electron chi connectivity index (χ1n) is 7.10. The van der Waals surface area contributed by atoms with Crippen LogP contribution in [0.1, 0.15) is 27.7 Å². The minimum atomic E-state index is 1.16. The third-order valence-electron chi connectivity index (χ3n) is 2.86. The van der Waals surface area contributed by atoms with Gasteiger partial charge in [0.25, 0.3) is 0 Å². The van der Waals surface area contributed by atoms with E-state index in [1.54, 1.807) is 0 Å². The number of rotatable bonds is 3. The standard InChI is InChI=1S/C17H21N.C2H6/c1-6-10-13-17-15(11-7-2)14(9-4)16(12-8-3)18(17)5;1-2/h6-13H,2-3H2,1,4-5H3;1-2H3/b10-6-,14-9-,15-11-,16-12+,17-13+;. The second-order valence-electron chi connectivity index (χ2n) is 3.94. The second-order valence-corrected chi connectivity index (χ2v) is 3.94. The van der Waals surface area contributed by atoms with Crippen LogP contribution in [-0.4, -0.2) is 4.57 Å².